The van der Waals surface area contributed by atoms with Gasteiger partial charge in [-0.25, -0.2) is 0 Å². The number of ether oxygens (including phenoxy) is 1. The van der Waals surface area contributed by atoms with E-state index in [0.717, 1.165) is 36.1 Å². The fraction of sp³-hybridized carbons (Fsp3) is 0.500. The number of nitrogens with one attached hydrogen (secondary N) is 1. The molecule has 3 rings (SSSR count). The smallest absolute Gasteiger partial charge is 0.306 e. The number of anilines is 1. The highest BCUT2D eigenvalue weighted by molar-refractivity contribution is 5.96. The Hall–Kier alpha value is -2.62. The molecule has 0 aromatic heterocycles. The van der Waals surface area contributed by atoms with Crippen LogP contribution in [0.3, 0.4) is 0 Å². The van der Waals surface area contributed by atoms with Crippen LogP contribution in [0.1, 0.15) is 82.4 Å². The van der Waals surface area contributed by atoms with E-state index in [1.54, 1.807) is 0 Å². The first-order valence-corrected chi connectivity index (χ1v) is 12.0. The topological polar surface area (TPSA) is 55.4 Å². The van der Waals surface area contributed by atoms with Crippen molar-refractivity contribution in [2.75, 3.05) is 5.32 Å². The molecule has 1 unspecified atom stereocenters. The van der Waals surface area contributed by atoms with Gasteiger partial charge < -0.3 is 10.1 Å². The second-order valence-corrected chi connectivity index (χ2v) is 9.89. The van der Waals surface area contributed by atoms with Gasteiger partial charge in [0.25, 0.3) is 0 Å². The maximum atomic E-state index is 13.4. The average molecular weight is 436 g/mol. The maximum absolute atomic E-state index is 13.4. The van der Waals surface area contributed by atoms with Gasteiger partial charge in [-0.2, -0.15) is 0 Å². The number of carbonyl (C=O) groups is 2. The van der Waals surface area contributed by atoms with Crippen LogP contribution in [0.25, 0.3) is 0 Å². The Bertz CT molecular complexity index is 905. The fourth-order valence-electron chi connectivity index (χ4n) is 4.55. The minimum Gasteiger partial charge on any atom is -0.460 e. The lowest BCUT2D eigenvalue weighted by molar-refractivity contribution is -0.154. The van der Waals surface area contributed by atoms with E-state index in [1.807, 2.05) is 45.0 Å². The van der Waals surface area contributed by atoms with Crippen molar-refractivity contribution in [3.8, 4) is 0 Å². The molecule has 2 aromatic carbocycles. The van der Waals surface area contributed by atoms with E-state index in [2.05, 4.69) is 36.5 Å². The largest absolute Gasteiger partial charge is 0.460 e. The average Bonchev–Trinajstić information content (AvgIpc) is 3.26. The van der Waals surface area contributed by atoms with E-state index in [-0.39, 0.29) is 17.8 Å². The summed E-state index contributed by atoms with van der Waals surface area (Å²) >= 11 is 0. The van der Waals surface area contributed by atoms with E-state index in [1.165, 1.54) is 18.4 Å². The van der Waals surface area contributed by atoms with Crippen LogP contribution in [0.15, 0.2) is 48.5 Å². The molecule has 1 fully saturated rings. The molecule has 2 aromatic rings. The van der Waals surface area contributed by atoms with Crippen LogP contribution >= 0.6 is 0 Å². The Morgan fingerprint density at radius 2 is 1.72 bits per heavy atom. The van der Waals surface area contributed by atoms with Crippen molar-refractivity contribution in [2.24, 2.45) is 5.92 Å². The molecule has 172 valence electrons. The molecule has 4 nitrogen and oxygen atoms in total. The van der Waals surface area contributed by atoms with Crippen LogP contribution < -0.4 is 5.32 Å². The van der Waals surface area contributed by atoms with Crippen LogP contribution in [-0.2, 0) is 27.2 Å². The molecule has 0 saturated heterocycles. The first kappa shape index (κ1) is 24.0. The van der Waals surface area contributed by atoms with E-state index in [4.69, 9.17) is 4.74 Å². The standard InChI is InChI=1S/C28H37NO3/c1-5-20-13-16-23(17-14-20)26(22-10-6-7-11-22)27(31)29-24-12-8-9-21(19-24)15-18-25(30)32-28(2,3)4/h8-9,12-14,16-17,19,22,26H,5-7,10-11,15,18H2,1-4H3,(H,29,31). The molecule has 0 spiro atoms. The van der Waals surface area contributed by atoms with E-state index < -0.39 is 5.60 Å². The molecule has 0 aliphatic heterocycles. The van der Waals surface area contributed by atoms with E-state index >= 15 is 0 Å². The minimum atomic E-state index is -0.475. The first-order valence-electron chi connectivity index (χ1n) is 12.0. The van der Waals surface area contributed by atoms with Crippen molar-refractivity contribution < 1.29 is 14.3 Å². The number of hydrogen-bond acceptors (Lipinski definition) is 3. The van der Waals surface area contributed by atoms with Crippen molar-refractivity contribution in [3.63, 3.8) is 0 Å². The maximum Gasteiger partial charge on any atom is 0.306 e. The first-order chi connectivity index (χ1) is 15.2. The summed E-state index contributed by atoms with van der Waals surface area (Å²) in [4.78, 5) is 25.4. The van der Waals surface area contributed by atoms with Gasteiger partial charge in [-0.1, -0.05) is 56.2 Å². The van der Waals surface area contributed by atoms with Crippen LogP contribution in [-0.4, -0.2) is 17.5 Å². The van der Waals surface area contributed by atoms with Crippen molar-refractivity contribution in [1.29, 1.82) is 0 Å². The lowest BCUT2D eigenvalue weighted by Crippen LogP contribution is -2.26. The number of aryl methyl sites for hydroxylation is 2. The van der Waals surface area contributed by atoms with E-state index in [9.17, 15) is 9.59 Å². The van der Waals surface area contributed by atoms with Gasteiger partial charge in [0, 0.05) is 12.1 Å². The molecular formula is C28H37NO3. The summed E-state index contributed by atoms with van der Waals surface area (Å²) < 4.78 is 5.40. The zero-order chi connectivity index (χ0) is 23.1. The van der Waals surface area contributed by atoms with Gasteiger partial charge in [-0.15, -0.1) is 0 Å². The third-order valence-electron chi connectivity index (χ3n) is 6.13. The van der Waals surface area contributed by atoms with Gasteiger partial charge >= 0.3 is 5.97 Å². The summed E-state index contributed by atoms with van der Waals surface area (Å²) in [6.45, 7) is 7.76. The monoisotopic (exact) mass is 435 g/mol. The van der Waals surface area contributed by atoms with Crippen molar-refractivity contribution in [1.82, 2.24) is 0 Å². The highest BCUT2D eigenvalue weighted by Crippen LogP contribution is 2.38. The highest BCUT2D eigenvalue weighted by Gasteiger charge is 2.32. The predicted molar refractivity (Wildman–Crippen MR) is 130 cm³/mol. The molecule has 1 atom stereocenters. The van der Waals surface area contributed by atoms with Crippen molar-refractivity contribution in [3.05, 3.63) is 65.2 Å². The van der Waals surface area contributed by atoms with Crippen LogP contribution in [0, 0.1) is 5.92 Å². The zero-order valence-corrected chi connectivity index (χ0v) is 19.9. The number of carbonyl (C=O) groups excluding carboxylic acids is 2. The minimum absolute atomic E-state index is 0.0606. The second kappa shape index (κ2) is 10.8. The molecule has 1 aliphatic rings. The van der Waals surface area contributed by atoms with Gasteiger partial charge in [0.15, 0.2) is 0 Å². The number of benzene rings is 2. The van der Waals surface area contributed by atoms with Crippen LogP contribution in [0.5, 0.6) is 0 Å². The fourth-order valence-corrected chi connectivity index (χ4v) is 4.55. The summed E-state index contributed by atoms with van der Waals surface area (Å²) in [6, 6.07) is 16.3. The normalized spacial score (nSPS) is 15.4. The van der Waals surface area contributed by atoms with Gasteiger partial charge in [0.2, 0.25) is 5.91 Å². The third-order valence-corrected chi connectivity index (χ3v) is 6.13. The summed E-state index contributed by atoms with van der Waals surface area (Å²) in [5, 5.41) is 3.16. The number of hydrogen-bond donors (Lipinski definition) is 1. The highest BCUT2D eigenvalue weighted by atomic mass is 16.6. The van der Waals surface area contributed by atoms with Gasteiger partial charge in [-0.05, 0) is 81.2 Å². The Balaban J connectivity index is 1.69. The summed E-state index contributed by atoms with van der Waals surface area (Å²) in [5.74, 6) is 0.112. The summed E-state index contributed by atoms with van der Waals surface area (Å²) in [6.07, 6.45) is 6.50. The van der Waals surface area contributed by atoms with Gasteiger partial charge in [-0.3, -0.25) is 9.59 Å². The van der Waals surface area contributed by atoms with Crippen LogP contribution in [0.4, 0.5) is 5.69 Å². The number of amides is 1. The molecule has 0 heterocycles. The molecule has 0 radical (unpaired) electrons. The Kier molecular flexibility index (Phi) is 8.11. The SMILES string of the molecule is CCc1ccc(C(C(=O)Nc2cccc(CCC(=O)OC(C)(C)C)c2)C2CCCC2)cc1. The van der Waals surface area contributed by atoms with Gasteiger partial charge in [0.05, 0.1) is 5.92 Å². The van der Waals surface area contributed by atoms with Crippen molar-refractivity contribution >= 4 is 17.6 Å². The molecular weight excluding hydrogens is 398 g/mol. The Labute approximate surface area is 192 Å². The lowest BCUT2D eigenvalue weighted by Gasteiger charge is -2.23. The van der Waals surface area contributed by atoms with Crippen LogP contribution in [0.2, 0.25) is 0 Å². The van der Waals surface area contributed by atoms with E-state index in [0.29, 0.717) is 18.8 Å². The number of esters is 1. The quantitative estimate of drug-likeness (QED) is 0.486. The second-order valence-electron chi connectivity index (χ2n) is 9.89. The summed E-state index contributed by atoms with van der Waals surface area (Å²) in [5.41, 5.74) is 3.71. The lowest BCUT2D eigenvalue weighted by atomic mass is 9.83. The molecule has 1 aliphatic carbocycles. The Morgan fingerprint density at radius 1 is 1.03 bits per heavy atom. The van der Waals surface area contributed by atoms with Crippen molar-refractivity contribution in [2.45, 2.75) is 84.2 Å². The number of rotatable bonds is 8. The Morgan fingerprint density at radius 3 is 2.34 bits per heavy atom. The molecule has 1 amide bonds. The molecule has 0 bridgehead atoms. The summed E-state index contributed by atoms with van der Waals surface area (Å²) in [7, 11) is 0. The molecule has 4 heteroatoms. The zero-order valence-electron chi connectivity index (χ0n) is 19.9. The predicted octanol–water partition coefficient (Wildman–Crippen LogP) is 6.44. The van der Waals surface area contributed by atoms with Gasteiger partial charge in [0.1, 0.15) is 5.60 Å². The molecule has 32 heavy (non-hydrogen) atoms. The molecule has 1 N–H and O–H groups in total. The molecule has 1 saturated carbocycles. The third kappa shape index (κ3) is 6.94.